The Morgan fingerprint density at radius 2 is 1.96 bits per heavy atom. The molecule has 0 aliphatic carbocycles. The Morgan fingerprint density at radius 1 is 1.24 bits per heavy atom. The molecule has 0 atom stereocenters. The van der Waals surface area contributed by atoms with Crippen LogP contribution < -0.4 is 16.2 Å². The number of amides is 1. The van der Waals surface area contributed by atoms with Gasteiger partial charge in [0.25, 0.3) is 5.91 Å². The molecule has 132 valence electrons. The lowest BCUT2D eigenvalue weighted by Crippen LogP contribution is -2.20. The second-order valence-electron chi connectivity index (χ2n) is 5.25. The average molecular weight is 345 g/mol. The molecule has 2 rings (SSSR count). The van der Waals surface area contributed by atoms with Crippen molar-refractivity contribution < 1.29 is 19.2 Å². The number of nitrogens with zero attached hydrogens (tertiary/aromatic N) is 3. The molecule has 0 saturated carbocycles. The van der Waals surface area contributed by atoms with Crippen LogP contribution in [0.2, 0.25) is 0 Å². The lowest BCUT2D eigenvalue weighted by Gasteiger charge is -2.05. The maximum absolute atomic E-state index is 11.7. The highest BCUT2D eigenvalue weighted by molar-refractivity contribution is 5.97. The van der Waals surface area contributed by atoms with E-state index in [2.05, 4.69) is 10.3 Å². The predicted octanol–water partition coefficient (Wildman–Crippen LogP) is 0.309. The highest BCUT2D eigenvalue weighted by Crippen LogP contribution is 2.12. The zero-order valence-corrected chi connectivity index (χ0v) is 13.7. The van der Waals surface area contributed by atoms with E-state index >= 15 is 0 Å². The molecule has 1 amide bonds. The van der Waals surface area contributed by atoms with Gasteiger partial charge in [-0.2, -0.15) is 5.10 Å². The van der Waals surface area contributed by atoms with Gasteiger partial charge in [0.05, 0.1) is 19.2 Å². The molecule has 9 nitrogen and oxygen atoms in total. The number of aryl methyl sites for hydroxylation is 2. The van der Waals surface area contributed by atoms with Gasteiger partial charge in [-0.1, -0.05) is 5.16 Å². The summed E-state index contributed by atoms with van der Waals surface area (Å²) in [5, 5.41) is 7.69. The number of carbonyl (C=O) groups excluding carboxylic acids is 2. The standard InChI is InChI=1S/C16H19N5O4/c1-11-8-19-21(9-11)7-6-15(23)25-20-16(18)12-2-4-13(5-3-12)24-10-14(17)22/h2-5,8-9H,6-7,10H2,1H3,(H2,17,22)(H2,18,20). The molecule has 0 aliphatic rings. The first-order valence-electron chi connectivity index (χ1n) is 7.48. The van der Waals surface area contributed by atoms with Crippen LogP contribution in [0.4, 0.5) is 0 Å². The van der Waals surface area contributed by atoms with Gasteiger partial charge in [0.2, 0.25) is 0 Å². The minimum Gasteiger partial charge on any atom is -0.484 e. The molecule has 0 aliphatic heterocycles. The maximum atomic E-state index is 11.7. The smallest absolute Gasteiger partial charge is 0.336 e. The van der Waals surface area contributed by atoms with Crippen molar-refractivity contribution in [2.45, 2.75) is 19.9 Å². The third kappa shape index (κ3) is 5.98. The zero-order chi connectivity index (χ0) is 18.2. The number of carbonyl (C=O) groups is 2. The monoisotopic (exact) mass is 345 g/mol. The molecule has 1 heterocycles. The molecule has 2 aromatic rings. The maximum Gasteiger partial charge on any atom is 0.336 e. The average Bonchev–Trinajstić information content (AvgIpc) is 3.02. The lowest BCUT2D eigenvalue weighted by molar-refractivity contribution is -0.144. The van der Waals surface area contributed by atoms with Gasteiger partial charge in [-0.3, -0.25) is 9.48 Å². The van der Waals surface area contributed by atoms with Gasteiger partial charge in [-0.15, -0.1) is 0 Å². The van der Waals surface area contributed by atoms with Crippen molar-refractivity contribution in [1.29, 1.82) is 0 Å². The molecular formula is C16H19N5O4. The number of hydrogen-bond acceptors (Lipinski definition) is 6. The minimum atomic E-state index is -0.567. The van der Waals surface area contributed by atoms with E-state index in [0.29, 0.717) is 17.9 Å². The number of ether oxygens (including phenoxy) is 1. The summed E-state index contributed by atoms with van der Waals surface area (Å²) in [5.41, 5.74) is 12.3. The molecule has 1 aromatic carbocycles. The second kappa shape index (κ2) is 8.48. The first kappa shape index (κ1) is 18.0. The van der Waals surface area contributed by atoms with Crippen LogP contribution in [0.15, 0.2) is 41.8 Å². The Balaban J connectivity index is 1.83. The van der Waals surface area contributed by atoms with E-state index in [-0.39, 0.29) is 18.9 Å². The van der Waals surface area contributed by atoms with Gasteiger partial charge in [-0.25, -0.2) is 4.79 Å². The molecular weight excluding hydrogens is 326 g/mol. The fourth-order valence-corrected chi connectivity index (χ4v) is 1.87. The van der Waals surface area contributed by atoms with E-state index in [0.717, 1.165) is 5.56 Å². The molecule has 25 heavy (non-hydrogen) atoms. The summed E-state index contributed by atoms with van der Waals surface area (Å²) in [6.45, 7) is 2.10. The topological polar surface area (TPSA) is 135 Å². The fraction of sp³-hybridized carbons (Fsp3) is 0.250. The molecule has 0 radical (unpaired) electrons. The number of primary amides is 1. The van der Waals surface area contributed by atoms with Crippen molar-refractivity contribution >= 4 is 17.7 Å². The van der Waals surface area contributed by atoms with Gasteiger partial charge >= 0.3 is 5.97 Å². The summed E-state index contributed by atoms with van der Waals surface area (Å²) in [6, 6.07) is 6.44. The summed E-state index contributed by atoms with van der Waals surface area (Å²) < 4.78 is 6.77. The van der Waals surface area contributed by atoms with Crippen molar-refractivity contribution in [2.75, 3.05) is 6.61 Å². The summed E-state index contributed by atoms with van der Waals surface area (Å²) in [4.78, 5) is 27.1. The highest BCUT2D eigenvalue weighted by Gasteiger charge is 2.06. The Hall–Kier alpha value is -3.36. The number of amidine groups is 1. The quantitative estimate of drug-likeness (QED) is 0.306. The van der Waals surface area contributed by atoms with Crippen LogP contribution in [0.25, 0.3) is 0 Å². The number of benzene rings is 1. The van der Waals surface area contributed by atoms with Crippen LogP contribution in [0, 0.1) is 6.92 Å². The number of aromatic nitrogens is 2. The number of oxime groups is 1. The van der Waals surface area contributed by atoms with Gasteiger partial charge < -0.3 is 21.0 Å². The summed E-state index contributed by atoms with van der Waals surface area (Å²) in [5.74, 6) is -0.577. The van der Waals surface area contributed by atoms with Crippen LogP contribution in [0.1, 0.15) is 17.5 Å². The van der Waals surface area contributed by atoms with Crippen LogP contribution in [0.3, 0.4) is 0 Å². The third-order valence-corrected chi connectivity index (χ3v) is 3.08. The van der Waals surface area contributed by atoms with Crippen molar-refractivity contribution in [1.82, 2.24) is 9.78 Å². The molecule has 0 fully saturated rings. The minimum absolute atomic E-state index is 0.0461. The molecule has 0 saturated heterocycles. The Bertz CT molecular complexity index is 767. The second-order valence-corrected chi connectivity index (χ2v) is 5.25. The SMILES string of the molecule is Cc1cnn(CCC(=O)O/N=C(\N)c2ccc(OCC(N)=O)cc2)c1. The first-order valence-corrected chi connectivity index (χ1v) is 7.48. The molecule has 4 N–H and O–H groups in total. The van der Waals surface area contributed by atoms with Crippen LogP contribution in [-0.2, 0) is 21.0 Å². The van der Waals surface area contributed by atoms with E-state index in [9.17, 15) is 9.59 Å². The Labute approximate surface area is 144 Å². The van der Waals surface area contributed by atoms with Gasteiger partial charge in [0.1, 0.15) is 5.75 Å². The Morgan fingerprint density at radius 3 is 2.56 bits per heavy atom. The lowest BCUT2D eigenvalue weighted by atomic mass is 10.2. The van der Waals surface area contributed by atoms with Crippen LogP contribution >= 0.6 is 0 Å². The first-order chi connectivity index (χ1) is 11.9. The van der Waals surface area contributed by atoms with Crippen molar-refractivity contribution in [2.24, 2.45) is 16.6 Å². The fourth-order valence-electron chi connectivity index (χ4n) is 1.87. The molecule has 0 bridgehead atoms. The third-order valence-electron chi connectivity index (χ3n) is 3.08. The van der Waals surface area contributed by atoms with Crippen LogP contribution in [-0.4, -0.2) is 34.1 Å². The summed E-state index contributed by atoms with van der Waals surface area (Å²) >= 11 is 0. The number of nitrogens with two attached hydrogens (primary N) is 2. The van der Waals surface area contributed by atoms with Crippen molar-refractivity contribution in [3.63, 3.8) is 0 Å². The number of rotatable bonds is 8. The summed E-state index contributed by atoms with van der Waals surface area (Å²) in [7, 11) is 0. The number of hydrogen-bond donors (Lipinski definition) is 2. The largest absolute Gasteiger partial charge is 0.484 e. The van der Waals surface area contributed by atoms with Gasteiger partial charge in [-0.05, 0) is 36.8 Å². The van der Waals surface area contributed by atoms with E-state index in [1.165, 1.54) is 0 Å². The summed E-state index contributed by atoms with van der Waals surface area (Å²) in [6.07, 6.45) is 3.66. The normalized spacial score (nSPS) is 11.2. The Kier molecular flexibility index (Phi) is 6.10. The molecule has 0 spiro atoms. The predicted molar refractivity (Wildman–Crippen MR) is 89.5 cm³/mol. The van der Waals surface area contributed by atoms with Crippen molar-refractivity contribution in [3.8, 4) is 5.75 Å². The molecule has 9 heteroatoms. The van der Waals surface area contributed by atoms with Gasteiger partial charge in [0, 0.05) is 11.8 Å². The highest BCUT2D eigenvalue weighted by atomic mass is 16.7. The van der Waals surface area contributed by atoms with E-state index in [1.54, 1.807) is 35.1 Å². The van der Waals surface area contributed by atoms with Gasteiger partial charge in [0.15, 0.2) is 12.4 Å². The van der Waals surface area contributed by atoms with E-state index < -0.39 is 11.9 Å². The van der Waals surface area contributed by atoms with Crippen molar-refractivity contribution in [3.05, 3.63) is 47.8 Å². The van der Waals surface area contributed by atoms with E-state index in [1.807, 2.05) is 13.1 Å². The molecule has 1 aromatic heterocycles. The van der Waals surface area contributed by atoms with E-state index in [4.69, 9.17) is 21.0 Å². The van der Waals surface area contributed by atoms with Crippen LogP contribution in [0.5, 0.6) is 5.75 Å². The molecule has 0 unspecified atom stereocenters. The zero-order valence-electron chi connectivity index (χ0n) is 13.7.